The van der Waals surface area contributed by atoms with Crippen molar-refractivity contribution < 1.29 is 23.9 Å². The smallest absolute Gasteiger partial charge is 0.349 e. The summed E-state index contributed by atoms with van der Waals surface area (Å²) in [6, 6.07) is 18.8. The summed E-state index contributed by atoms with van der Waals surface area (Å²) in [4.78, 5) is 56.4. The molecule has 1 aromatic heterocycles. The average Bonchev–Trinajstić information content (AvgIpc) is 3.52. The molecule has 0 spiro atoms. The van der Waals surface area contributed by atoms with Gasteiger partial charge in [0.1, 0.15) is 5.84 Å². The molecule has 0 saturated carbocycles. The van der Waals surface area contributed by atoms with Gasteiger partial charge in [0.15, 0.2) is 0 Å². The number of anilines is 1. The van der Waals surface area contributed by atoms with Crippen LogP contribution in [0.1, 0.15) is 51.4 Å². The molecule has 4 aromatic rings. The maximum absolute atomic E-state index is 13.9. The van der Waals surface area contributed by atoms with Crippen LogP contribution in [-0.4, -0.2) is 54.2 Å². The molecule has 1 atom stereocenters. The monoisotopic (exact) mass is 604 g/mol. The van der Waals surface area contributed by atoms with E-state index >= 15 is 0 Å². The zero-order valence-corrected chi connectivity index (χ0v) is 24.7. The second-order valence-corrected chi connectivity index (χ2v) is 9.53. The lowest BCUT2D eigenvalue weighted by molar-refractivity contribution is -0.147. The number of esters is 1. The number of nitrogens with zero attached hydrogens (tertiary/aromatic N) is 1. The number of amidine groups is 1. The van der Waals surface area contributed by atoms with Gasteiger partial charge in [-0.25, -0.2) is 4.79 Å². The minimum absolute atomic E-state index is 0. The van der Waals surface area contributed by atoms with E-state index in [1.165, 1.54) is 11.8 Å². The number of nitrogen functional groups attached to an aromatic ring is 1. The highest BCUT2D eigenvalue weighted by molar-refractivity contribution is 6.21. The molecule has 11 nitrogen and oxygen atoms in total. The molecule has 0 saturated heterocycles. The van der Waals surface area contributed by atoms with Crippen molar-refractivity contribution >= 4 is 58.3 Å². The summed E-state index contributed by atoms with van der Waals surface area (Å²) < 4.78 is 5.18. The Labute approximate surface area is 254 Å². The van der Waals surface area contributed by atoms with Crippen molar-refractivity contribution in [1.29, 1.82) is 5.41 Å². The number of hydrogen-bond donors (Lipinski definition) is 5. The fourth-order valence-corrected chi connectivity index (χ4v) is 4.63. The van der Waals surface area contributed by atoms with Gasteiger partial charge in [0.05, 0.1) is 23.6 Å². The molecule has 0 aliphatic heterocycles. The predicted octanol–water partition coefficient (Wildman–Crippen LogP) is 3.50. The number of amides is 2. The van der Waals surface area contributed by atoms with Crippen LogP contribution in [0.25, 0.3) is 10.8 Å². The third-order valence-electron chi connectivity index (χ3n) is 6.69. The van der Waals surface area contributed by atoms with Crippen LogP contribution in [0.2, 0.25) is 0 Å². The molecule has 0 fully saturated rings. The number of carbonyl (C=O) groups excluding carboxylic acids is 4. The van der Waals surface area contributed by atoms with Gasteiger partial charge in [0, 0.05) is 37.8 Å². The number of ether oxygens (including phenoxy) is 1. The normalized spacial score (nSPS) is 11.1. The number of fused-ring (bicyclic) bond motifs is 1. The van der Waals surface area contributed by atoms with Crippen molar-refractivity contribution in [1.82, 2.24) is 15.6 Å². The van der Waals surface area contributed by atoms with Crippen molar-refractivity contribution in [3.8, 4) is 0 Å². The van der Waals surface area contributed by atoms with E-state index < -0.39 is 18.0 Å². The number of H-pyrrole nitrogens is 1. The fourth-order valence-electron chi connectivity index (χ4n) is 4.63. The number of likely N-dealkylation sites (N-methyl/N-ethyl adjacent to an activating group) is 1. The van der Waals surface area contributed by atoms with Crippen molar-refractivity contribution in [2.24, 2.45) is 5.73 Å². The molecule has 224 valence electrons. The number of aromatic amines is 1. The maximum atomic E-state index is 13.9. The van der Waals surface area contributed by atoms with Gasteiger partial charge in [-0.3, -0.25) is 19.8 Å². The molecule has 0 radical (unpaired) electrons. The van der Waals surface area contributed by atoms with Crippen LogP contribution >= 0.6 is 12.4 Å². The number of carbonyl (C=O) groups is 4. The minimum Gasteiger partial charge on any atom is -0.463 e. The van der Waals surface area contributed by atoms with Gasteiger partial charge in [-0.05, 0) is 47.5 Å². The first-order valence-corrected chi connectivity index (χ1v) is 13.2. The summed E-state index contributed by atoms with van der Waals surface area (Å²) in [5.74, 6) is -1.88. The van der Waals surface area contributed by atoms with Crippen molar-refractivity contribution in [3.63, 3.8) is 0 Å². The summed E-state index contributed by atoms with van der Waals surface area (Å²) in [6.07, 6.45) is 0.429. The average molecular weight is 605 g/mol. The predicted molar refractivity (Wildman–Crippen MR) is 167 cm³/mol. The van der Waals surface area contributed by atoms with Gasteiger partial charge in [-0.2, -0.15) is 0 Å². The Hall–Kier alpha value is -5.16. The van der Waals surface area contributed by atoms with Gasteiger partial charge in [0.25, 0.3) is 5.91 Å². The fraction of sp³-hybridized carbons (Fsp3) is 0.194. The third-order valence-corrected chi connectivity index (χ3v) is 6.69. The molecule has 0 aliphatic rings. The largest absolute Gasteiger partial charge is 0.463 e. The van der Waals surface area contributed by atoms with E-state index in [0.29, 0.717) is 33.3 Å². The van der Waals surface area contributed by atoms with Crippen LogP contribution < -0.4 is 21.3 Å². The van der Waals surface area contributed by atoms with Gasteiger partial charge in [0.2, 0.25) is 17.9 Å². The molecular weight excluding hydrogens is 572 g/mol. The number of nitrogens with two attached hydrogens (primary N) is 1. The summed E-state index contributed by atoms with van der Waals surface area (Å²) >= 11 is 0. The molecular formula is C31H33ClN6O5. The van der Waals surface area contributed by atoms with Crippen molar-refractivity contribution in [2.45, 2.75) is 26.6 Å². The Bertz CT molecular complexity index is 1650. The Morgan fingerprint density at radius 3 is 2.33 bits per heavy atom. The SMILES string of the molecule is CCOC(=O)C(NC(C)=O)N(C)c1ccc2c(C(=O)NCc3ccc(C(=N)N)cc3)cccc2c1C(=O)c1ccc[nH]1.Cl. The molecule has 3 aromatic carbocycles. The number of benzene rings is 3. The highest BCUT2D eigenvalue weighted by atomic mass is 35.5. The number of ketones is 1. The third kappa shape index (κ3) is 7.19. The van der Waals surface area contributed by atoms with Gasteiger partial charge >= 0.3 is 5.97 Å². The lowest BCUT2D eigenvalue weighted by Crippen LogP contribution is -2.52. The molecule has 2 amide bonds. The van der Waals surface area contributed by atoms with Gasteiger partial charge in [-0.1, -0.05) is 42.5 Å². The Kier molecular flexibility index (Phi) is 10.6. The van der Waals surface area contributed by atoms with Crippen molar-refractivity contribution in [3.05, 3.63) is 101 Å². The van der Waals surface area contributed by atoms with Crippen molar-refractivity contribution in [2.75, 3.05) is 18.6 Å². The number of rotatable bonds is 11. The number of halogens is 1. The lowest BCUT2D eigenvalue weighted by Gasteiger charge is -2.30. The van der Waals surface area contributed by atoms with Crippen LogP contribution in [0.5, 0.6) is 0 Å². The number of hydrogen-bond acceptors (Lipinski definition) is 7. The van der Waals surface area contributed by atoms with E-state index in [4.69, 9.17) is 15.9 Å². The van der Waals surface area contributed by atoms with Crippen LogP contribution in [0.4, 0.5) is 5.69 Å². The first kappa shape index (κ1) is 32.4. The zero-order chi connectivity index (χ0) is 30.4. The molecule has 0 bridgehead atoms. The van der Waals surface area contributed by atoms with E-state index in [1.54, 1.807) is 86.9 Å². The summed E-state index contributed by atoms with van der Waals surface area (Å²) in [6.45, 7) is 3.29. The van der Waals surface area contributed by atoms with Crippen LogP contribution in [-0.2, 0) is 20.9 Å². The molecule has 1 unspecified atom stereocenters. The zero-order valence-electron chi connectivity index (χ0n) is 23.9. The Balaban J connectivity index is 0.00000506. The topological polar surface area (TPSA) is 170 Å². The van der Waals surface area contributed by atoms with E-state index in [2.05, 4.69) is 15.6 Å². The van der Waals surface area contributed by atoms with E-state index in [1.807, 2.05) is 0 Å². The Morgan fingerprint density at radius 2 is 1.72 bits per heavy atom. The molecule has 43 heavy (non-hydrogen) atoms. The molecule has 1 heterocycles. The van der Waals surface area contributed by atoms with Gasteiger partial charge < -0.3 is 31.0 Å². The highest BCUT2D eigenvalue weighted by Gasteiger charge is 2.30. The first-order chi connectivity index (χ1) is 20.1. The summed E-state index contributed by atoms with van der Waals surface area (Å²) in [5, 5.41) is 14.0. The lowest BCUT2D eigenvalue weighted by atomic mass is 9.94. The standard InChI is InChI=1S/C31H32N6O5.ClH/c1-4-42-31(41)29(36-18(2)38)37(3)25-15-14-21-22(26(25)27(39)24-9-6-16-34-24)7-5-8-23(21)30(40)35-17-19-10-12-20(13-11-19)28(32)33;/h5-16,29,34H,4,17H2,1-3H3,(H3,32,33)(H,35,40)(H,36,38);1H. The quantitative estimate of drug-likeness (QED) is 0.0573. The number of nitrogens with one attached hydrogen (secondary N) is 4. The van der Waals surface area contributed by atoms with Crippen LogP contribution in [0.15, 0.2) is 72.9 Å². The minimum atomic E-state index is -1.20. The second-order valence-electron chi connectivity index (χ2n) is 9.53. The highest BCUT2D eigenvalue weighted by Crippen LogP contribution is 2.33. The van der Waals surface area contributed by atoms with E-state index in [-0.39, 0.29) is 48.6 Å². The van der Waals surface area contributed by atoms with E-state index in [9.17, 15) is 19.2 Å². The van der Waals surface area contributed by atoms with E-state index in [0.717, 1.165) is 5.56 Å². The molecule has 4 rings (SSSR count). The second kappa shape index (κ2) is 14.1. The van der Waals surface area contributed by atoms with Crippen LogP contribution in [0, 0.1) is 5.41 Å². The molecule has 6 N–H and O–H groups in total. The molecule has 12 heteroatoms. The van der Waals surface area contributed by atoms with Crippen LogP contribution in [0.3, 0.4) is 0 Å². The number of aromatic nitrogens is 1. The summed E-state index contributed by atoms with van der Waals surface area (Å²) in [7, 11) is 1.58. The molecule has 0 aliphatic carbocycles. The summed E-state index contributed by atoms with van der Waals surface area (Å²) in [5.41, 5.74) is 8.19. The Morgan fingerprint density at radius 1 is 1.00 bits per heavy atom. The first-order valence-electron chi connectivity index (χ1n) is 13.2. The van der Waals surface area contributed by atoms with Gasteiger partial charge in [-0.15, -0.1) is 12.4 Å². The maximum Gasteiger partial charge on any atom is 0.349 e.